The van der Waals surface area contributed by atoms with Crippen LogP contribution in [0.3, 0.4) is 0 Å². The van der Waals surface area contributed by atoms with Crippen molar-refractivity contribution < 1.29 is 18.7 Å². The average molecular weight is 439 g/mol. The van der Waals surface area contributed by atoms with E-state index in [1.165, 1.54) is 6.08 Å². The van der Waals surface area contributed by atoms with Crippen LogP contribution in [-0.4, -0.2) is 25.0 Å². The van der Waals surface area contributed by atoms with Crippen molar-refractivity contribution in [3.8, 4) is 17.1 Å². The Balaban J connectivity index is 1.87. The molecule has 3 aromatic rings. The number of benzene rings is 2. The van der Waals surface area contributed by atoms with Crippen molar-refractivity contribution in [1.29, 1.82) is 0 Å². The van der Waals surface area contributed by atoms with Crippen molar-refractivity contribution in [3.05, 3.63) is 82.7 Å². The summed E-state index contributed by atoms with van der Waals surface area (Å²) in [6, 6.07) is 17.2. The molecule has 0 saturated heterocycles. The first-order valence-corrected chi connectivity index (χ1v) is 10.1. The lowest BCUT2D eigenvalue weighted by Gasteiger charge is -2.13. The molecule has 31 heavy (non-hydrogen) atoms. The van der Waals surface area contributed by atoms with Gasteiger partial charge in [0.15, 0.2) is 0 Å². The van der Waals surface area contributed by atoms with Gasteiger partial charge in [-0.25, -0.2) is 0 Å². The second-order valence-electron chi connectivity index (χ2n) is 7.08. The van der Waals surface area contributed by atoms with Crippen LogP contribution < -0.4 is 15.4 Å². The van der Waals surface area contributed by atoms with Crippen molar-refractivity contribution in [2.45, 2.75) is 19.9 Å². The third-order valence-corrected chi connectivity index (χ3v) is 4.52. The number of nitrogens with one attached hydrogen (secondary N) is 2. The van der Waals surface area contributed by atoms with Gasteiger partial charge < -0.3 is 19.8 Å². The maximum Gasteiger partial charge on any atom is 0.268 e. The van der Waals surface area contributed by atoms with Gasteiger partial charge in [-0.3, -0.25) is 9.59 Å². The lowest BCUT2D eigenvalue weighted by atomic mass is 10.2. The van der Waals surface area contributed by atoms with Crippen LogP contribution in [0, 0.1) is 0 Å². The molecule has 160 valence electrons. The lowest BCUT2D eigenvalue weighted by Crippen LogP contribution is -2.38. The second-order valence-corrected chi connectivity index (χ2v) is 7.52. The summed E-state index contributed by atoms with van der Waals surface area (Å²) in [5.41, 5.74) is 1.27. The van der Waals surface area contributed by atoms with Gasteiger partial charge in [0.05, 0.1) is 7.11 Å². The minimum atomic E-state index is -0.422. The van der Waals surface area contributed by atoms with Crippen LogP contribution in [0.1, 0.15) is 30.0 Å². The maximum atomic E-state index is 12.7. The molecular weight excluding hydrogens is 416 g/mol. The number of hydrogen-bond acceptors (Lipinski definition) is 4. The summed E-state index contributed by atoms with van der Waals surface area (Å²) < 4.78 is 11.0. The summed E-state index contributed by atoms with van der Waals surface area (Å²) in [6.07, 6.45) is 1.49. The first-order chi connectivity index (χ1) is 14.9. The summed E-state index contributed by atoms with van der Waals surface area (Å²) in [5.74, 6) is 0.804. The molecule has 0 atom stereocenters. The molecule has 0 unspecified atom stereocenters. The van der Waals surface area contributed by atoms with Gasteiger partial charge in [-0.15, -0.1) is 0 Å². The number of amides is 2. The third-order valence-electron chi connectivity index (χ3n) is 4.29. The Morgan fingerprint density at radius 1 is 1.06 bits per heavy atom. The Labute approximate surface area is 185 Å². The standard InChI is InChI=1S/C24H23ClN2O4/c1-15(2)26-24(29)21(27-23(28)16-7-9-19(30-3)10-8-16)14-20-11-12-22(31-20)17-5-4-6-18(25)13-17/h4-15H,1-3H3,(H,26,29)(H,27,28). The molecule has 2 aromatic carbocycles. The van der Waals surface area contributed by atoms with Crippen LogP contribution in [0.2, 0.25) is 5.02 Å². The Morgan fingerprint density at radius 3 is 2.45 bits per heavy atom. The fraction of sp³-hybridized carbons (Fsp3) is 0.167. The van der Waals surface area contributed by atoms with Crippen molar-refractivity contribution in [3.63, 3.8) is 0 Å². The lowest BCUT2D eigenvalue weighted by molar-refractivity contribution is -0.118. The fourth-order valence-electron chi connectivity index (χ4n) is 2.80. The fourth-order valence-corrected chi connectivity index (χ4v) is 3.00. The molecule has 0 aliphatic carbocycles. The quantitative estimate of drug-likeness (QED) is 0.514. The van der Waals surface area contributed by atoms with Crippen molar-refractivity contribution in [2.24, 2.45) is 0 Å². The number of furan rings is 1. The molecule has 0 aliphatic rings. The summed E-state index contributed by atoms with van der Waals surface area (Å²) in [6.45, 7) is 3.68. The van der Waals surface area contributed by atoms with E-state index in [1.807, 2.05) is 26.0 Å². The van der Waals surface area contributed by atoms with Gasteiger partial charge in [-0.05, 0) is 62.4 Å². The van der Waals surface area contributed by atoms with Gasteiger partial charge in [0, 0.05) is 28.3 Å². The molecule has 0 fully saturated rings. The minimum Gasteiger partial charge on any atom is -0.497 e. The van der Waals surface area contributed by atoms with E-state index in [4.69, 9.17) is 20.8 Å². The van der Waals surface area contributed by atoms with Crippen LogP contribution in [-0.2, 0) is 4.79 Å². The second kappa shape index (κ2) is 10.00. The van der Waals surface area contributed by atoms with Crippen LogP contribution in [0.5, 0.6) is 5.75 Å². The van der Waals surface area contributed by atoms with Crippen LogP contribution in [0.15, 0.2) is 70.8 Å². The van der Waals surface area contributed by atoms with E-state index in [2.05, 4.69) is 10.6 Å². The number of methoxy groups -OCH3 is 1. The predicted molar refractivity (Wildman–Crippen MR) is 121 cm³/mol. The largest absolute Gasteiger partial charge is 0.497 e. The van der Waals surface area contributed by atoms with E-state index in [0.29, 0.717) is 27.9 Å². The number of halogens is 1. The maximum absolute atomic E-state index is 12.7. The average Bonchev–Trinajstić information content (AvgIpc) is 3.21. The highest BCUT2D eigenvalue weighted by molar-refractivity contribution is 6.30. The highest BCUT2D eigenvalue weighted by Crippen LogP contribution is 2.25. The predicted octanol–water partition coefficient (Wildman–Crippen LogP) is 4.90. The summed E-state index contributed by atoms with van der Waals surface area (Å²) in [7, 11) is 1.55. The Kier molecular flexibility index (Phi) is 7.15. The number of hydrogen-bond donors (Lipinski definition) is 2. The molecular formula is C24H23ClN2O4. The molecule has 0 radical (unpaired) electrons. The number of carbonyl (C=O) groups excluding carboxylic acids is 2. The van der Waals surface area contributed by atoms with E-state index < -0.39 is 11.8 Å². The number of carbonyl (C=O) groups is 2. The zero-order chi connectivity index (χ0) is 22.4. The third kappa shape index (κ3) is 5.99. The number of rotatable bonds is 7. The van der Waals surface area contributed by atoms with Gasteiger partial charge >= 0.3 is 0 Å². The topological polar surface area (TPSA) is 80.6 Å². The molecule has 1 heterocycles. The van der Waals surface area contributed by atoms with Crippen molar-refractivity contribution in [2.75, 3.05) is 7.11 Å². The normalized spacial score (nSPS) is 11.3. The van der Waals surface area contributed by atoms with Crippen LogP contribution in [0.4, 0.5) is 0 Å². The van der Waals surface area contributed by atoms with Gasteiger partial charge in [0.1, 0.15) is 23.0 Å². The smallest absolute Gasteiger partial charge is 0.268 e. The monoisotopic (exact) mass is 438 g/mol. The Bertz CT molecular complexity index is 1100. The highest BCUT2D eigenvalue weighted by atomic mass is 35.5. The van der Waals surface area contributed by atoms with Gasteiger partial charge in [-0.2, -0.15) is 0 Å². The van der Waals surface area contributed by atoms with E-state index in [9.17, 15) is 9.59 Å². The minimum absolute atomic E-state index is 0.0708. The van der Waals surface area contributed by atoms with E-state index in [1.54, 1.807) is 55.6 Å². The van der Waals surface area contributed by atoms with Gasteiger partial charge in [0.25, 0.3) is 11.8 Å². The molecule has 0 saturated carbocycles. The first-order valence-electron chi connectivity index (χ1n) is 9.69. The van der Waals surface area contributed by atoms with Crippen molar-refractivity contribution >= 4 is 29.5 Å². The zero-order valence-corrected chi connectivity index (χ0v) is 18.2. The van der Waals surface area contributed by atoms with Crippen LogP contribution >= 0.6 is 11.6 Å². The first kappa shape index (κ1) is 22.2. The molecule has 2 amide bonds. The van der Waals surface area contributed by atoms with Crippen molar-refractivity contribution in [1.82, 2.24) is 10.6 Å². The summed E-state index contributed by atoms with van der Waals surface area (Å²) >= 11 is 6.05. The zero-order valence-electron chi connectivity index (χ0n) is 17.4. The molecule has 0 spiro atoms. The molecule has 6 nitrogen and oxygen atoms in total. The Hall–Kier alpha value is -3.51. The summed E-state index contributed by atoms with van der Waals surface area (Å²) in [5, 5.41) is 6.05. The molecule has 2 N–H and O–H groups in total. The molecule has 7 heteroatoms. The van der Waals surface area contributed by atoms with E-state index >= 15 is 0 Å². The molecule has 3 rings (SSSR count). The van der Waals surface area contributed by atoms with Gasteiger partial charge in [0.2, 0.25) is 0 Å². The molecule has 1 aromatic heterocycles. The summed E-state index contributed by atoms with van der Waals surface area (Å²) in [4.78, 5) is 25.4. The molecule has 0 aliphatic heterocycles. The highest BCUT2D eigenvalue weighted by Gasteiger charge is 2.16. The van der Waals surface area contributed by atoms with E-state index in [-0.39, 0.29) is 11.7 Å². The Morgan fingerprint density at radius 2 is 1.81 bits per heavy atom. The van der Waals surface area contributed by atoms with Crippen LogP contribution in [0.25, 0.3) is 17.4 Å². The number of ether oxygens (including phenoxy) is 1. The SMILES string of the molecule is COc1ccc(C(=O)NC(=Cc2ccc(-c3cccc(Cl)c3)o2)C(=O)NC(C)C)cc1. The van der Waals surface area contributed by atoms with E-state index in [0.717, 1.165) is 5.56 Å². The van der Waals surface area contributed by atoms with Gasteiger partial charge in [-0.1, -0.05) is 23.7 Å². The molecule has 0 bridgehead atoms.